The molecular formula is C39H44Cl2N8O5. The van der Waals surface area contributed by atoms with Crippen LogP contribution < -0.4 is 10.6 Å². The van der Waals surface area contributed by atoms with Crippen LogP contribution in [0.2, 0.25) is 10.0 Å². The Morgan fingerprint density at radius 1 is 0.778 bits per heavy atom. The van der Waals surface area contributed by atoms with Gasteiger partial charge < -0.3 is 30.0 Å². The number of hydrogen-bond acceptors (Lipinski definition) is 8. The van der Waals surface area contributed by atoms with E-state index in [4.69, 9.17) is 28.2 Å². The molecule has 2 aliphatic heterocycles. The first-order valence-electron chi connectivity index (χ1n) is 18.5. The Hall–Kier alpha value is -4.27. The van der Waals surface area contributed by atoms with E-state index in [0.29, 0.717) is 42.1 Å². The van der Waals surface area contributed by atoms with Crippen LogP contribution >= 0.6 is 23.2 Å². The van der Waals surface area contributed by atoms with Gasteiger partial charge in [0.2, 0.25) is 0 Å². The number of aliphatic carboxylic acids is 1. The van der Waals surface area contributed by atoms with Gasteiger partial charge >= 0.3 is 5.97 Å². The van der Waals surface area contributed by atoms with Gasteiger partial charge in [0.1, 0.15) is 0 Å². The van der Waals surface area contributed by atoms with E-state index < -0.39 is 23.2 Å². The highest BCUT2D eigenvalue weighted by molar-refractivity contribution is 6.40. The number of anilines is 2. The van der Waals surface area contributed by atoms with Crippen molar-refractivity contribution in [3.05, 3.63) is 80.9 Å². The van der Waals surface area contributed by atoms with Gasteiger partial charge in [-0.15, -0.1) is 0 Å². The molecule has 0 spiro atoms. The highest BCUT2D eigenvalue weighted by atomic mass is 35.5. The van der Waals surface area contributed by atoms with E-state index in [1.807, 2.05) is 23.2 Å². The lowest BCUT2D eigenvalue weighted by atomic mass is 9.81. The minimum atomic E-state index is -0.651. The predicted molar refractivity (Wildman–Crippen MR) is 205 cm³/mol. The number of hydrogen-bond donors (Lipinski definition) is 4. The third-order valence-corrected chi connectivity index (χ3v) is 13.1. The average molecular weight is 776 g/mol. The molecule has 2 amide bonds. The molecule has 2 aromatic heterocycles. The molecule has 54 heavy (non-hydrogen) atoms. The number of imidazole rings is 2. The van der Waals surface area contributed by atoms with E-state index in [9.17, 15) is 24.6 Å². The molecule has 284 valence electrons. The van der Waals surface area contributed by atoms with Crippen molar-refractivity contribution in [3.8, 4) is 11.1 Å². The molecule has 13 nitrogen and oxygen atoms in total. The maximum atomic E-state index is 13.7. The summed E-state index contributed by atoms with van der Waals surface area (Å²) in [7, 11) is 3.68. The zero-order chi connectivity index (χ0) is 37.9. The number of benzene rings is 2. The Balaban J connectivity index is 0.963. The summed E-state index contributed by atoms with van der Waals surface area (Å²) < 4.78 is 3.66. The monoisotopic (exact) mass is 774 g/mol. The molecule has 4 aromatic rings. The molecule has 2 bridgehead atoms. The van der Waals surface area contributed by atoms with E-state index in [-0.39, 0.29) is 33.7 Å². The third kappa shape index (κ3) is 6.39. The Morgan fingerprint density at radius 2 is 1.28 bits per heavy atom. The number of aliphatic hydroxyl groups excluding tert-OH is 1. The predicted octanol–water partition coefficient (Wildman–Crippen LogP) is 5.38. The Labute approximate surface area is 323 Å². The fourth-order valence-corrected chi connectivity index (χ4v) is 9.93. The lowest BCUT2D eigenvalue weighted by molar-refractivity contribution is -0.148. The van der Waals surface area contributed by atoms with Gasteiger partial charge in [-0.1, -0.05) is 47.5 Å². The first-order valence-corrected chi connectivity index (χ1v) is 19.2. The first kappa shape index (κ1) is 36.7. The van der Waals surface area contributed by atoms with Crippen LogP contribution in [0.5, 0.6) is 0 Å². The second-order valence-corrected chi connectivity index (χ2v) is 16.2. The third-order valence-electron chi connectivity index (χ3n) is 12.3. The summed E-state index contributed by atoms with van der Waals surface area (Å²) in [6, 6.07) is 10.6. The summed E-state index contributed by atoms with van der Waals surface area (Å²) in [5.74, 6) is -0.884. The molecule has 2 fully saturated rings. The summed E-state index contributed by atoms with van der Waals surface area (Å²) in [5, 5.41) is 25.7. The highest BCUT2D eigenvalue weighted by Crippen LogP contribution is 2.62. The zero-order valence-electron chi connectivity index (χ0n) is 30.4. The maximum Gasteiger partial charge on any atom is 0.309 e. The largest absolute Gasteiger partial charge is 0.481 e. The van der Waals surface area contributed by atoms with Crippen molar-refractivity contribution in [2.45, 2.75) is 58.0 Å². The SMILES string of the molecule is Cn1c(C(=O)Nc2cccc(-c3cccc(NC(=O)c4nc5c(n4C)CCN(CC46CCC(C(=O)O)(CC4)C6)C5)c3Cl)c2Cl)nc2c1CCN(CCO)C2. The number of β-amino-alcohol motifs (C(OH)–C–C–N with tert-alkyl or cyclic N) is 1. The standard InChI is InChI=1S/C39H44Cl2N8O5/c1-46-29-9-15-48(17-18-50)19-27(29)42-33(46)35(51)44-25-7-3-5-23(31(25)40)24-6-4-8-26(32(24)41)45-36(52)34-43-28-20-49(16-10-30(28)47(34)2)22-38-11-13-39(21-38,14-12-38)37(53)54/h3-8,50H,9-22H2,1-2H3,(H,44,51)(H,45,52)(H,53,54). The van der Waals surface area contributed by atoms with Gasteiger partial charge in [-0.3, -0.25) is 24.2 Å². The van der Waals surface area contributed by atoms with Gasteiger partial charge in [0, 0.05) is 88.7 Å². The van der Waals surface area contributed by atoms with Crippen molar-refractivity contribution in [2.24, 2.45) is 24.9 Å². The molecule has 0 unspecified atom stereocenters. The van der Waals surface area contributed by atoms with Gasteiger partial charge in [0.15, 0.2) is 11.6 Å². The van der Waals surface area contributed by atoms with Gasteiger partial charge in [-0.2, -0.15) is 0 Å². The summed E-state index contributed by atoms with van der Waals surface area (Å²) >= 11 is 13.9. The minimum Gasteiger partial charge on any atom is -0.481 e. The molecule has 8 rings (SSSR count). The van der Waals surface area contributed by atoms with E-state index in [1.165, 1.54) is 0 Å². The topological polar surface area (TPSA) is 158 Å². The van der Waals surface area contributed by atoms with Crippen molar-refractivity contribution in [2.75, 3.05) is 43.4 Å². The molecule has 0 atom stereocenters. The summed E-state index contributed by atoms with van der Waals surface area (Å²) in [5.41, 5.74) is 5.13. The normalized spacial score (nSPS) is 22.2. The molecule has 4 N–H and O–H groups in total. The molecular weight excluding hydrogens is 731 g/mol. The number of rotatable bonds is 10. The number of fused-ring (bicyclic) bond motifs is 4. The number of nitrogens with zero attached hydrogens (tertiary/aromatic N) is 6. The fourth-order valence-electron chi connectivity index (χ4n) is 9.38. The molecule has 0 radical (unpaired) electrons. The Kier molecular flexibility index (Phi) is 9.58. The van der Waals surface area contributed by atoms with Crippen molar-refractivity contribution in [1.29, 1.82) is 0 Å². The van der Waals surface area contributed by atoms with E-state index in [2.05, 4.69) is 25.4 Å². The zero-order valence-corrected chi connectivity index (χ0v) is 31.9. The molecule has 4 heterocycles. The molecule has 4 aliphatic rings. The fraction of sp³-hybridized carbons (Fsp3) is 0.462. The van der Waals surface area contributed by atoms with Crippen molar-refractivity contribution >= 4 is 52.4 Å². The van der Waals surface area contributed by atoms with Crippen molar-refractivity contribution < 1.29 is 24.6 Å². The quantitative estimate of drug-likeness (QED) is 0.166. The summed E-state index contributed by atoms with van der Waals surface area (Å²) in [4.78, 5) is 53.1. The van der Waals surface area contributed by atoms with E-state index in [1.54, 1.807) is 36.4 Å². The van der Waals surface area contributed by atoms with Gasteiger partial charge in [0.05, 0.1) is 44.8 Å². The number of aliphatic hydroxyl groups is 1. The molecule has 2 aliphatic carbocycles. The van der Waals surface area contributed by atoms with Crippen LogP contribution in [0.4, 0.5) is 11.4 Å². The van der Waals surface area contributed by atoms with E-state index >= 15 is 0 Å². The number of carboxylic acids is 1. The Morgan fingerprint density at radius 3 is 1.76 bits per heavy atom. The second kappa shape index (κ2) is 14.1. The number of amides is 2. The lowest BCUT2D eigenvalue weighted by Gasteiger charge is -2.35. The van der Waals surface area contributed by atoms with Crippen LogP contribution in [0.25, 0.3) is 11.1 Å². The molecule has 2 saturated carbocycles. The number of aromatic nitrogens is 4. The second-order valence-electron chi connectivity index (χ2n) is 15.5. The van der Waals surface area contributed by atoms with E-state index in [0.717, 1.165) is 87.4 Å². The van der Waals surface area contributed by atoms with Crippen LogP contribution in [0.1, 0.15) is 76.1 Å². The number of nitrogens with one attached hydrogen (secondary N) is 2. The molecule has 0 saturated heterocycles. The van der Waals surface area contributed by atoms with Gasteiger partial charge in [-0.05, 0) is 49.7 Å². The highest BCUT2D eigenvalue weighted by Gasteiger charge is 2.58. The molecule has 2 aromatic carbocycles. The van der Waals surface area contributed by atoms with Crippen LogP contribution in [-0.2, 0) is 44.8 Å². The van der Waals surface area contributed by atoms with Crippen LogP contribution in [0.3, 0.4) is 0 Å². The molecule has 15 heteroatoms. The number of carbonyl (C=O) groups excluding carboxylic acids is 2. The average Bonchev–Trinajstić information content (AvgIpc) is 3.90. The smallest absolute Gasteiger partial charge is 0.309 e. The van der Waals surface area contributed by atoms with Gasteiger partial charge in [-0.25, -0.2) is 9.97 Å². The van der Waals surface area contributed by atoms with Gasteiger partial charge in [0.25, 0.3) is 11.8 Å². The van der Waals surface area contributed by atoms with Crippen molar-refractivity contribution in [3.63, 3.8) is 0 Å². The first-order chi connectivity index (χ1) is 25.9. The summed E-state index contributed by atoms with van der Waals surface area (Å²) in [6.07, 6.45) is 5.63. The Bertz CT molecular complexity index is 2170. The van der Waals surface area contributed by atoms with Crippen LogP contribution in [0, 0.1) is 10.8 Å². The number of halogens is 2. The number of carboxylic acid groups (broad SMARTS) is 1. The van der Waals surface area contributed by atoms with Crippen LogP contribution in [0.15, 0.2) is 36.4 Å². The van der Waals surface area contributed by atoms with Crippen LogP contribution in [-0.4, -0.2) is 89.7 Å². The van der Waals surface area contributed by atoms with Crippen molar-refractivity contribution in [1.82, 2.24) is 28.9 Å². The summed E-state index contributed by atoms with van der Waals surface area (Å²) in [6.45, 7) is 4.27. The number of carbonyl (C=O) groups is 3. The maximum absolute atomic E-state index is 13.7. The lowest BCUT2D eigenvalue weighted by Crippen LogP contribution is -2.39. The minimum absolute atomic E-state index is 0.0451.